The van der Waals surface area contributed by atoms with E-state index >= 15 is 0 Å². The van der Waals surface area contributed by atoms with Crippen molar-refractivity contribution in [1.82, 2.24) is 24.7 Å². The highest BCUT2D eigenvalue weighted by atomic mass is 16.7. The van der Waals surface area contributed by atoms with Crippen LogP contribution in [0.2, 0.25) is 0 Å². The Morgan fingerprint density at radius 3 is 2.89 bits per heavy atom. The number of rotatable bonds is 4. The van der Waals surface area contributed by atoms with Crippen LogP contribution in [-0.4, -0.2) is 42.6 Å². The molecule has 0 saturated carbocycles. The van der Waals surface area contributed by atoms with Crippen LogP contribution < -0.4 is 20.3 Å². The van der Waals surface area contributed by atoms with Crippen LogP contribution in [0.15, 0.2) is 29.3 Å². The Balaban J connectivity index is 1.47. The van der Waals surface area contributed by atoms with Gasteiger partial charge in [0.15, 0.2) is 5.60 Å². The number of pyridine rings is 2. The number of benzene rings is 1. The Bertz CT molecular complexity index is 1680. The second-order valence-electron chi connectivity index (χ2n) is 9.35. The molecule has 12 nitrogen and oxygen atoms in total. The summed E-state index contributed by atoms with van der Waals surface area (Å²) in [5, 5.41) is 21.8. The van der Waals surface area contributed by atoms with E-state index in [-0.39, 0.29) is 49.1 Å². The number of nitrogens with zero attached hydrogens (tertiary/aromatic N) is 4. The molecule has 7 rings (SSSR count). The van der Waals surface area contributed by atoms with E-state index in [9.17, 15) is 14.7 Å². The first-order valence-corrected chi connectivity index (χ1v) is 11.9. The summed E-state index contributed by atoms with van der Waals surface area (Å²) >= 11 is 0. The van der Waals surface area contributed by atoms with Gasteiger partial charge in [0.25, 0.3) is 5.56 Å². The Morgan fingerprint density at radius 2 is 2.11 bits per heavy atom. The lowest BCUT2D eigenvalue weighted by molar-refractivity contribution is -0.172. The van der Waals surface area contributed by atoms with Crippen molar-refractivity contribution in [2.24, 2.45) is 0 Å². The number of anilines is 1. The van der Waals surface area contributed by atoms with Crippen molar-refractivity contribution in [1.29, 1.82) is 0 Å². The summed E-state index contributed by atoms with van der Waals surface area (Å²) in [6.07, 6.45) is 1.49. The Kier molecular flexibility index (Phi) is 4.43. The van der Waals surface area contributed by atoms with Gasteiger partial charge in [-0.1, -0.05) is 13.0 Å². The third-order valence-electron chi connectivity index (χ3n) is 7.44. The van der Waals surface area contributed by atoms with Gasteiger partial charge in [0.1, 0.15) is 24.4 Å². The summed E-state index contributed by atoms with van der Waals surface area (Å²) in [7, 11) is 0. The van der Waals surface area contributed by atoms with Crippen LogP contribution in [0, 0.1) is 0 Å². The van der Waals surface area contributed by atoms with Crippen LogP contribution in [0.1, 0.15) is 48.6 Å². The predicted octanol–water partition coefficient (Wildman–Crippen LogP) is 2.10. The van der Waals surface area contributed by atoms with Crippen molar-refractivity contribution >= 4 is 22.8 Å². The van der Waals surface area contributed by atoms with E-state index in [0.29, 0.717) is 34.4 Å². The van der Waals surface area contributed by atoms with Gasteiger partial charge < -0.3 is 29.2 Å². The fourth-order valence-electron chi connectivity index (χ4n) is 5.47. The molecule has 6 heterocycles. The molecule has 188 valence electrons. The normalized spacial score (nSPS) is 19.8. The lowest BCUT2D eigenvalue weighted by Gasteiger charge is -2.31. The maximum atomic E-state index is 13.6. The van der Waals surface area contributed by atoms with Crippen LogP contribution in [0.3, 0.4) is 0 Å². The minimum absolute atomic E-state index is 0.0312. The topological polar surface area (TPSA) is 153 Å². The molecule has 1 aromatic carbocycles. The minimum atomic E-state index is -1.89. The molecule has 3 aliphatic heterocycles. The van der Waals surface area contributed by atoms with Crippen LogP contribution in [0.4, 0.5) is 5.95 Å². The van der Waals surface area contributed by atoms with Gasteiger partial charge in [-0.25, -0.2) is 19.9 Å². The third kappa shape index (κ3) is 2.90. The zero-order valence-corrected chi connectivity index (χ0v) is 20.0. The maximum absolute atomic E-state index is 13.6. The molecule has 0 aliphatic carbocycles. The molecule has 2 atom stereocenters. The summed E-state index contributed by atoms with van der Waals surface area (Å²) in [5.74, 6) is 1.00. The van der Waals surface area contributed by atoms with E-state index in [1.807, 2.05) is 19.1 Å². The number of H-pyrrole nitrogens is 1. The molecule has 0 fully saturated rings. The van der Waals surface area contributed by atoms with Gasteiger partial charge >= 0.3 is 5.97 Å². The van der Waals surface area contributed by atoms with E-state index in [0.717, 1.165) is 16.5 Å². The highest BCUT2D eigenvalue weighted by Gasteiger charge is 2.45. The number of aromatic nitrogens is 5. The zero-order chi connectivity index (χ0) is 25.5. The van der Waals surface area contributed by atoms with E-state index in [1.54, 1.807) is 17.6 Å². The lowest BCUT2D eigenvalue weighted by Crippen LogP contribution is -2.44. The fraction of sp³-hybridized carbons (Fsp3) is 0.320. The number of hydrogen-bond donors (Lipinski definition) is 3. The van der Waals surface area contributed by atoms with Gasteiger partial charge in [-0.3, -0.25) is 4.79 Å². The van der Waals surface area contributed by atoms with Crippen molar-refractivity contribution in [2.75, 3.05) is 12.1 Å². The van der Waals surface area contributed by atoms with Crippen molar-refractivity contribution in [3.63, 3.8) is 0 Å². The largest absolute Gasteiger partial charge is 0.458 e. The van der Waals surface area contributed by atoms with Crippen molar-refractivity contribution < 1.29 is 24.1 Å². The van der Waals surface area contributed by atoms with Crippen LogP contribution in [-0.2, 0) is 28.3 Å². The number of aliphatic hydroxyl groups is 1. The number of nitrogens with one attached hydrogen (secondary N) is 2. The average Bonchev–Trinajstić information content (AvgIpc) is 3.55. The number of aromatic amines is 1. The first-order valence-electron chi connectivity index (χ1n) is 11.9. The summed E-state index contributed by atoms with van der Waals surface area (Å²) in [6, 6.07) is 5.29. The third-order valence-corrected chi connectivity index (χ3v) is 7.44. The summed E-state index contributed by atoms with van der Waals surface area (Å²) < 4.78 is 18.5. The first-order chi connectivity index (χ1) is 17.9. The molecule has 3 aromatic heterocycles. The standard InChI is InChI=1S/C25H22N6O6/c1-3-25(34)15-6-16-19-13(7-31(16)22(32)14(15)8-35-23(25)33)21-18-17(36-10-37-21)5-4-12(20(18)29-19)11(2)28-24-26-9-27-30-24/h4-6,9,11,34H,3,7-8,10H2,1-2H3,(H2,26,27,28,30)/t11?,25-/m0/s1. The molecule has 0 bridgehead atoms. The number of carbonyl (C=O) groups excluding carboxylic acids is 1. The van der Waals surface area contributed by atoms with Crippen LogP contribution >= 0.6 is 0 Å². The maximum Gasteiger partial charge on any atom is 0.343 e. The quantitative estimate of drug-likeness (QED) is 0.311. The smallest absolute Gasteiger partial charge is 0.343 e. The number of carbonyl (C=O) groups is 1. The second kappa shape index (κ2) is 7.53. The molecule has 37 heavy (non-hydrogen) atoms. The first kappa shape index (κ1) is 21.8. The number of ether oxygens (including phenoxy) is 3. The zero-order valence-electron chi connectivity index (χ0n) is 20.0. The molecular weight excluding hydrogens is 480 g/mol. The highest BCUT2D eigenvalue weighted by Crippen LogP contribution is 2.47. The Morgan fingerprint density at radius 1 is 1.24 bits per heavy atom. The van der Waals surface area contributed by atoms with E-state index in [1.165, 1.54) is 6.33 Å². The van der Waals surface area contributed by atoms with Gasteiger partial charge in [-0.05, 0) is 25.5 Å². The number of hydrogen-bond acceptors (Lipinski definition) is 10. The molecule has 0 radical (unpaired) electrons. The summed E-state index contributed by atoms with van der Waals surface area (Å²) in [5.41, 5.74) is 1.65. The number of cyclic esters (lactones) is 1. The van der Waals surface area contributed by atoms with Crippen LogP contribution in [0.5, 0.6) is 11.5 Å². The fourth-order valence-corrected chi connectivity index (χ4v) is 5.47. The van der Waals surface area contributed by atoms with Crippen molar-refractivity contribution in [2.45, 2.75) is 45.1 Å². The number of esters is 1. The monoisotopic (exact) mass is 502 g/mol. The molecule has 4 aromatic rings. The molecule has 1 unspecified atom stereocenters. The molecule has 0 amide bonds. The summed E-state index contributed by atoms with van der Waals surface area (Å²) in [6.45, 7) is 3.74. The van der Waals surface area contributed by atoms with E-state index in [4.69, 9.17) is 19.2 Å². The SMILES string of the molecule is CC[C@@]1(O)C(=O)OCc2c1cc1n(c2=O)Cc2c-1nc1c(C(C)Nc3ncn[nH]3)ccc3c1c2OCO3. The lowest BCUT2D eigenvalue weighted by atomic mass is 9.86. The Labute approximate surface area is 209 Å². The predicted molar refractivity (Wildman–Crippen MR) is 129 cm³/mol. The van der Waals surface area contributed by atoms with E-state index < -0.39 is 11.6 Å². The second-order valence-corrected chi connectivity index (χ2v) is 9.35. The van der Waals surface area contributed by atoms with Crippen LogP contribution in [0.25, 0.3) is 22.3 Å². The average molecular weight is 502 g/mol. The molecule has 0 saturated heterocycles. The van der Waals surface area contributed by atoms with Crippen molar-refractivity contribution in [3.05, 3.63) is 57.1 Å². The van der Waals surface area contributed by atoms with Gasteiger partial charge in [-0.2, -0.15) is 5.10 Å². The highest BCUT2D eigenvalue weighted by molar-refractivity contribution is 5.98. The summed E-state index contributed by atoms with van der Waals surface area (Å²) in [4.78, 5) is 35.2. The minimum Gasteiger partial charge on any atom is -0.458 e. The molecule has 3 N–H and O–H groups in total. The van der Waals surface area contributed by atoms with Gasteiger partial charge in [0.2, 0.25) is 12.7 Å². The number of fused-ring (bicyclic) bond motifs is 5. The van der Waals surface area contributed by atoms with Gasteiger partial charge in [0, 0.05) is 16.7 Å². The molecule has 0 spiro atoms. The molecular formula is C25H22N6O6. The van der Waals surface area contributed by atoms with Gasteiger partial charge in [0.05, 0.1) is 40.4 Å². The molecule has 3 aliphatic rings. The van der Waals surface area contributed by atoms with Crippen molar-refractivity contribution in [3.8, 4) is 22.9 Å². The van der Waals surface area contributed by atoms with E-state index in [2.05, 4.69) is 20.5 Å². The molecule has 12 heteroatoms. The van der Waals surface area contributed by atoms with Gasteiger partial charge in [-0.15, -0.1) is 0 Å². The Hall–Kier alpha value is -4.45.